The van der Waals surface area contributed by atoms with E-state index in [0.29, 0.717) is 38.5 Å². The van der Waals surface area contributed by atoms with E-state index in [2.05, 4.69) is 26.8 Å². The van der Waals surface area contributed by atoms with Crippen molar-refractivity contribution in [3.05, 3.63) is 11.6 Å². The third-order valence-electron chi connectivity index (χ3n) is 20.0. The van der Waals surface area contributed by atoms with Gasteiger partial charge in [0, 0.05) is 23.9 Å². The van der Waals surface area contributed by atoms with Crippen molar-refractivity contribution >= 4 is 0 Å². The number of rotatable bonds is 11. The summed E-state index contributed by atoms with van der Waals surface area (Å²) in [4.78, 5) is 0. The number of fused-ring (bicyclic) bond motifs is 7. The lowest BCUT2D eigenvalue weighted by Crippen LogP contribution is -2.71. The maximum atomic E-state index is 12.2. The number of allylic oxidation sites excluding steroid dienone is 1. The number of methoxy groups -OCH3 is 1. The predicted molar refractivity (Wildman–Crippen MR) is 239 cm³/mol. The van der Waals surface area contributed by atoms with Crippen molar-refractivity contribution in [2.24, 2.45) is 50.2 Å². The quantitative estimate of drug-likeness (QED) is 0.0801. The minimum absolute atomic E-state index is 0.120. The molecule has 20 heteroatoms. The number of aliphatic hydroxyl groups is 13. The molecule has 0 amide bonds. The van der Waals surface area contributed by atoms with Crippen LogP contribution in [0.2, 0.25) is 0 Å². The summed E-state index contributed by atoms with van der Waals surface area (Å²) in [6.07, 6.45) is -21.6. The molecule has 4 saturated carbocycles. The van der Waals surface area contributed by atoms with Crippen LogP contribution < -0.4 is 0 Å². The van der Waals surface area contributed by atoms with Gasteiger partial charge in [-0.05, 0) is 85.4 Å². The smallest absolute Gasteiger partial charge is 0.187 e. The number of aliphatic hydroxyl groups excluding tert-OH is 13. The Morgan fingerprint density at radius 1 is 0.609 bits per heavy atom. The summed E-state index contributed by atoms with van der Waals surface area (Å²) in [6.45, 7) is 12.2. The van der Waals surface area contributed by atoms with Crippen molar-refractivity contribution in [2.45, 2.75) is 210 Å². The van der Waals surface area contributed by atoms with Crippen molar-refractivity contribution in [3.63, 3.8) is 0 Å². The summed E-state index contributed by atoms with van der Waals surface area (Å²) < 4.78 is 43.7. The minimum Gasteiger partial charge on any atom is -0.396 e. The van der Waals surface area contributed by atoms with Crippen LogP contribution in [0.25, 0.3) is 0 Å². The van der Waals surface area contributed by atoms with Crippen LogP contribution in [-0.4, -0.2) is 216 Å². The molecule has 20 nitrogen and oxygen atoms in total. The molecule has 13 N–H and O–H groups in total. The molecule has 3 saturated heterocycles. The third kappa shape index (κ3) is 8.25. The predicted octanol–water partition coefficient (Wildman–Crippen LogP) is -1.82. The second-order valence-corrected chi connectivity index (χ2v) is 23.8. The molecule has 27 atom stereocenters. The first kappa shape index (κ1) is 54.2. The van der Waals surface area contributed by atoms with Gasteiger partial charge in [0.2, 0.25) is 0 Å². The summed E-state index contributed by atoms with van der Waals surface area (Å²) in [6, 6.07) is 0. The van der Waals surface area contributed by atoms with E-state index < -0.39 is 156 Å². The van der Waals surface area contributed by atoms with Crippen molar-refractivity contribution in [3.8, 4) is 0 Å². The highest BCUT2D eigenvalue weighted by Gasteiger charge is 2.73. The normalized spacial score (nSPS) is 56.3. The SMILES string of the molecule is CO[C@@H]1C=C2[C@@H]3CC(C)(C)[C@H](O)C[C@]3(CO)[C@@H](O)C[C@@]2(C)[C@]2(C)CC[C@H]3[C@](C)(CO)[C@@H](O[C@@H]4O[C@H](C)[C@H](O)[C@H](O[C@@H]5O[C@H](CO)[C@@H](O)[C@H](O)[C@H]5O)[C@H]4O[C@@H]4O[C@H](CO)[C@@H](O)[C@H](O)[C@H]4O)CC[C@]3(C)[C@@H]12. The average molecular weight is 991 g/mol. The van der Waals surface area contributed by atoms with Crippen LogP contribution in [0.4, 0.5) is 0 Å². The van der Waals surface area contributed by atoms with Crippen LogP contribution in [0.3, 0.4) is 0 Å². The molecule has 8 aliphatic rings. The molecule has 8 rings (SSSR count). The summed E-state index contributed by atoms with van der Waals surface area (Å²) >= 11 is 0. The van der Waals surface area contributed by atoms with E-state index in [0.717, 1.165) is 5.57 Å². The zero-order valence-corrected chi connectivity index (χ0v) is 41.2. The maximum absolute atomic E-state index is 12.2. The molecule has 69 heavy (non-hydrogen) atoms. The van der Waals surface area contributed by atoms with Gasteiger partial charge < -0.3 is 99.5 Å². The van der Waals surface area contributed by atoms with Gasteiger partial charge in [0.05, 0.1) is 56.9 Å². The van der Waals surface area contributed by atoms with Crippen LogP contribution in [0.5, 0.6) is 0 Å². The molecule has 3 aliphatic heterocycles. The molecular weight excluding hydrogens is 909 g/mol. The van der Waals surface area contributed by atoms with E-state index in [-0.39, 0.29) is 43.5 Å². The number of hydrogen-bond acceptors (Lipinski definition) is 20. The Balaban J connectivity index is 1.13. The highest BCUT2D eigenvalue weighted by Crippen LogP contribution is 2.76. The lowest BCUT2D eigenvalue weighted by atomic mass is 9.32. The minimum atomic E-state index is -1.91. The van der Waals surface area contributed by atoms with E-state index in [1.165, 1.54) is 6.92 Å². The van der Waals surface area contributed by atoms with Gasteiger partial charge in [0.15, 0.2) is 18.9 Å². The molecule has 0 aromatic carbocycles. The van der Waals surface area contributed by atoms with Gasteiger partial charge >= 0.3 is 0 Å². The molecule has 398 valence electrons. The maximum Gasteiger partial charge on any atom is 0.187 e. The van der Waals surface area contributed by atoms with Crippen LogP contribution in [0.15, 0.2) is 11.6 Å². The Kier molecular flexibility index (Phi) is 15.1. The van der Waals surface area contributed by atoms with Gasteiger partial charge in [-0.3, -0.25) is 0 Å². The van der Waals surface area contributed by atoms with E-state index in [1.807, 2.05) is 20.8 Å². The van der Waals surface area contributed by atoms with Crippen LogP contribution in [0, 0.1) is 50.2 Å². The molecule has 0 aromatic rings. The zero-order valence-electron chi connectivity index (χ0n) is 41.2. The van der Waals surface area contributed by atoms with Gasteiger partial charge in [-0.25, -0.2) is 0 Å². The van der Waals surface area contributed by atoms with Crippen LogP contribution in [0.1, 0.15) is 93.4 Å². The van der Waals surface area contributed by atoms with Crippen molar-refractivity contribution in [1.82, 2.24) is 0 Å². The van der Waals surface area contributed by atoms with Gasteiger partial charge in [-0.1, -0.05) is 53.2 Å². The number of ether oxygens (including phenoxy) is 7. The Morgan fingerprint density at radius 2 is 1.19 bits per heavy atom. The topological polar surface area (TPSA) is 328 Å². The first-order valence-electron chi connectivity index (χ1n) is 25.0. The summed E-state index contributed by atoms with van der Waals surface area (Å²) in [5, 5.41) is 143. The van der Waals surface area contributed by atoms with E-state index in [9.17, 15) is 66.4 Å². The second kappa shape index (κ2) is 19.3. The van der Waals surface area contributed by atoms with Gasteiger partial charge in [0.25, 0.3) is 0 Å². The first-order chi connectivity index (χ1) is 32.3. The van der Waals surface area contributed by atoms with E-state index in [1.54, 1.807) is 7.11 Å². The highest BCUT2D eigenvalue weighted by molar-refractivity contribution is 5.37. The third-order valence-corrected chi connectivity index (χ3v) is 20.0. The molecule has 0 bridgehead atoms. The van der Waals surface area contributed by atoms with E-state index >= 15 is 0 Å². The lowest BCUT2D eigenvalue weighted by Gasteiger charge is -2.73. The Labute approximate surface area is 404 Å². The summed E-state index contributed by atoms with van der Waals surface area (Å²) in [5.74, 6) is -0.523. The standard InChI is InChI=1S/C49H82O20/c1-21-31(56)38(68-41-36(61)34(59)32(57)25(17-50)65-41)39(69-42-37(62)35(60)33(58)26(18-51)66-42)43(64-21)67-30-10-11-45(4)27(46(30,5)19-52)9-12-47(6)40(45)24(63-8)13-22-23-14-44(2,3)28(54)16-49(23,20-53)29(55)15-48(22,47)7/h13,21,23-43,50-62H,9-12,14-20H2,1-8H3/t21-,23+,24-,25-,26-,27-,28-,29+,30+,31+,32-,33-,34+,35+,36-,37-,38+,39-,40-,41+,42+,43+,45+,46+,47-,48-,49-/m1/s1. The van der Waals surface area contributed by atoms with Crippen molar-refractivity contribution < 1.29 is 99.5 Å². The molecule has 3 heterocycles. The molecular formula is C49H82O20. The first-order valence-corrected chi connectivity index (χ1v) is 25.0. The molecule has 7 fully saturated rings. The largest absolute Gasteiger partial charge is 0.396 e. The highest BCUT2D eigenvalue weighted by atomic mass is 16.8. The zero-order chi connectivity index (χ0) is 50.7. The monoisotopic (exact) mass is 991 g/mol. The van der Waals surface area contributed by atoms with Crippen LogP contribution >= 0.6 is 0 Å². The Bertz CT molecular complexity index is 1840. The molecule has 5 aliphatic carbocycles. The van der Waals surface area contributed by atoms with Gasteiger partial charge in [-0.15, -0.1) is 0 Å². The molecule has 0 aromatic heterocycles. The average Bonchev–Trinajstić information content (AvgIpc) is 3.30. The summed E-state index contributed by atoms with van der Waals surface area (Å²) in [7, 11) is 1.71. The fraction of sp³-hybridized carbons (Fsp3) is 0.959. The number of hydrogen-bond donors (Lipinski definition) is 13. The van der Waals surface area contributed by atoms with Gasteiger partial charge in [0.1, 0.15) is 67.1 Å². The molecule has 0 radical (unpaired) electrons. The fourth-order valence-electron chi connectivity index (χ4n) is 15.4. The Morgan fingerprint density at radius 3 is 1.72 bits per heavy atom. The molecule has 0 unspecified atom stereocenters. The fourth-order valence-corrected chi connectivity index (χ4v) is 15.4. The van der Waals surface area contributed by atoms with Crippen molar-refractivity contribution in [1.29, 1.82) is 0 Å². The van der Waals surface area contributed by atoms with Crippen molar-refractivity contribution in [2.75, 3.05) is 33.5 Å². The lowest BCUT2D eigenvalue weighted by molar-refractivity contribution is -0.398. The van der Waals surface area contributed by atoms with E-state index in [4.69, 9.17) is 33.2 Å². The van der Waals surface area contributed by atoms with Gasteiger partial charge in [-0.2, -0.15) is 0 Å². The Hall–Kier alpha value is -1.06. The second-order valence-electron chi connectivity index (χ2n) is 23.8. The summed E-state index contributed by atoms with van der Waals surface area (Å²) in [5.41, 5.74) is -2.65. The molecule has 0 spiro atoms. The van der Waals surface area contributed by atoms with Crippen LogP contribution in [-0.2, 0) is 33.2 Å².